The number of likely N-dealkylation sites (tertiary alicyclic amines) is 1. The zero-order valence-corrected chi connectivity index (χ0v) is 10.3. The number of hydrogen-bond acceptors (Lipinski definition) is 3. The van der Waals surface area contributed by atoms with E-state index in [1.165, 1.54) is 38.6 Å². The monoisotopic (exact) mass is 226 g/mol. The second-order valence-electron chi connectivity index (χ2n) is 5.68. The van der Waals surface area contributed by atoms with E-state index >= 15 is 0 Å². The molecular weight excluding hydrogens is 200 g/mol. The summed E-state index contributed by atoms with van der Waals surface area (Å²) < 4.78 is 0. The van der Waals surface area contributed by atoms with Gasteiger partial charge in [-0.15, -0.1) is 0 Å². The van der Waals surface area contributed by atoms with Crippen molar-refractivity contribution < 1.29 is 5.11 Å². The van der Waals surface area contributed by atoms with E-state index in [4.69, 9.17) is 5.73 Å². The quantitative estimate of drug-likeness (QED) is 0.757. The van der Waals surface area contributed by atoms with Crippen molar-refractivity contribution in [1.82, 2.24) is 4.90 Å². The lowest BCUT2D eigenvalue weighted by Gasteiger charge is -2.37. The number of nitrogens with two attached hydrogens (primary N) is 1. The summed E-state index contributed by atoms with van der Waals surface area (Å²) in [5.74, 6) is 0.519. The second-order valence-corrected chi connectivity index (χ2v) is 5.68. The van der Waals surface area contributed by atoms with Crippen molar-refractivity contribution in [3.8, 4) is 0 Å². The predicted octanol–water partition coefficient (Wildman–Crippen LogP) is 1.21. The first kappa shape index (κ1) is 12.3. The molecule has 16 heavy (non-hydrogen) atoms. The van der Waals surface area contributed by atoms with E-state index in [0.717, 1.165) is 26.1 Å². The van der Waals surface area contributed by atoms with Gasteiger partial charge in [0.1, 0.15) is 0 Å². The number of nitrogens with zero attached hydrogens (tertiary/aromatic N) is 1. The Morgan fingerprint density at radius 1 is 1.25 bits per heavy atom. The summed E-state index contributed by atoms with van der Waals surface area (Å²) in [4.78, 5) is 2.53. The fourth-order valence-corrected chi connectivity index (χ4v) is 3.70. The molecule has 1 unspecified atom stereocenters. The Balaban J connectivity index is 1.95. The zero-order valence-electron chi connectivity index (χ0n) is 10.3. The van der Waals surface area contributed by atoms with Crippen molar-refractivity contribution in [3.05, 3.63) is 0 Å². The topological polar surface area (TPSA) is 49.5 Å². The van der Waals surface area contributed by atoms with E-state index in [0.29, 0.717) is 17.9 Å². The van der Waals surface area contributed by atoms with Crippen LogP contribution in [0.15, 0.2) is 0 Å². The molecule has 1 spiro atoms. The largest absolute Gasteiger partial charge is 0.396 e. The predicted molar refractivity (Wildman–Crippen MR) is 66.2 cm³/mol. The standard InChI is InChI=1S/C13H26N2O/c14-7-4-8-15-9-12(10-16)13(11-15)5-2-1-3-6-13/h12,16H,1-11,14H2. The Labute approximate surface area is 99.0 Å². The molecule has 3 N–H and O–H groups in total. The molecule has 0 aromatic heterocycles. The van der Waals surface area contributed by atoms with Crippen LogP contribution < -0.4 is 5.73 Å². The summed E-state index contributed by atoms with van der Waals surface area (Å²) in [6.07, 6.45) is 7.87. The third-order valence-electron chi connectivity index (χ3n) is 4.63. The third kappa shape index (κ3) is 2.41. The van der Waals surface area contributed by atoms with Crippen LogP contribution >= 0.6 is 0 Å². The maximum Gasteiger partial charge on any atom is 0.0477 e. The van der Waals surface area contributed by atoms with Gasteiger partial charge in [0.05, 0.1) is 0 Å². The van der Waals surface area contributed by atoms with Crippen LogP contribution in [0.3, 0.4) is 0 Å². The fraction of sp³-hybridized carbons (Fsp3) is 1.00. The van der Waals surface area contributed by atoms with Gasteiger partial charge >= 0.3 is 0 Å². The SMILES string of the molecule is NCCCN1CC(CO)C2(CCCCC2)C1. The summed E-state index contributed by atoms with van der Waals surface area (Å²) in [5.41, 5.74) is 6.01. The van der Waals surface area contributed by atoms with Gasteiger partial charge in [-0.1, -0.05) is 19.3 Å². The summed E-state index contributed by atoms with van der Waals surface area (Å²) in [6, 6.07) is 0. The molecule has 1 atom stereocenters. The summed E-state index contributed by atoms with van der Waals surface area (Å²) in [7, 11) is 0. The van der Waals surface area contributed by atoms with Crippen LogP contribution in [0.25, 0.3) is 0 Å². The van der Waals surface area contributed by atoms with E-state index in [1.54, 1.807) is 0 Å². The summed E-state index contributed by atoms with van der Waals surface area (Å²) in [5, 5.41) is 9.58. The fourth-order valence-electron chi connectivity index (χ4n) is 3.70. The maximum atomic E-state index is 9.58. The van der Waals surface area contributed by atoms with Gasteiger partial charge < -0.3 is 15.7 Å². The second kappa shape index (κ2) is 5.48. The van der Waals surface area contributed by atoms with Crippen LogP contribution in [0.5, 0.6) is 0 Å². The van der Waals surface area contributed by atoms with Crippen LogP contribution in [0.1, 0.15) is 38.5 Å². The van der Waals surface area contributed by atoms with Crippen molar-refractivity contribution in [2.75, 3.05) is 32.8 Å². The van der Waals surface area contributed by atoms with Crippen LogP contribution in [-0.2, 0) is 0 Å². The van der Waals surface area contributed by atoms with Gasteiger partial charge in [-0.2, -0.15) is 0 Å². The number of hydrogen-bond donors (Lipinski definition) is 2. The van der Waals surface area contributed by atoms with E-state index in [-0.39, 0.29) is 0 Å². The molecule has 0 aromatic carbocycles. The molecule has 2 rings (SSSR count). The first-order valence-corrected chi connectivity index (χ1v) is 6.84. The molecule has 1 saturated heterocycles. The van der Waals surface area contributed by atoms with Crippen molar-refractivity contribution in [1.29, 1.82) is 0 Å². The van der Waals surface area contributed by atoms with Gasteiger partial charge in [0.25, 0.3) is 0 Å². The van der Waals surface area contributed by atoms with Gasteiger partial charge in [0.2, 0.25) is 0 Å². The normalized spacial score (nSPS) is 30.0. The van der Waals surface area contributed by atoms with Crippen molar-refractivity contribution in [3.63, 3.8) is 0 Å². The highest BCUT2D eigenvalue weighted by atomic mass is 16.3. The first-order valence-electron chi connectivity index (χ1n) is 6.84. The lowest BCUT2D eigenvalue weighted by atomic mass is 9.68. The molecule has 1 saturated carbocycles. The molecule has 1 aliphatic heterocycles. The molecule has 2 aliphatic rings. The molecule has 0 aromatic rings. The van der Waals surface area contributed by atoms with Crippen molar-refractivity contribution >= 4 is 0 Å². The molecule has 2 fully saturated rings. The van der Waals surface area contributed by atoms with Crippen LogP contribution in [-0.4, -0.2) is 42.8 Å². The third-order valence-corrected chi connectivity index (χ3v) is 4.63. The van der Waals surface area contributed by atoms with E-state index < -0.39 is 0 Å². The smallest absolute Gasteiger partial charge is 0.0477 e. The molecule has 94 valence electrons. The highest BCUT2D eigenvalue weighted by molar-refractivity contribution is 4.97. The zero-order chi connectivity index (χ0) is 11.4. The number of aliphatic hydroxyl groups is 1. The minimum absolute atomic E-state index is 0.374. The average molecular weight is 226 g/mol. The molecule has 1 heterocycles. The highest BCUT2D eigenvalue weighted by Crippen LogP contribution is 2.47. The van der Waals surface area contributed by atoms with Crippen LogP contribution in [0, 0.1) is 11.3 Å². The molecule has 0 radical (unpaired) electrons. The Hall–Kier alpha value is -0.120. The summed E-state index contributed by atoms with van der Waals surface area (Å²) >= 11 is 0. The van der Waals surface area contributed by atoms with E-state index in [2.05, 4.69) is 4.90 Å². The van der Waals surface area contributed by atoms with Gasteiger partial charge in [0.15, 0.2) is 0 Å². The Morgan fingerprint density at radius 2 is 2.00 bits per heavy atom. The van der Waals surface area contributed by atoms with E-state index in [1.807, 2.05) is 0 Å². The number of aliphatic hydroxyl groups excluding tert-OH is 1. The minimum atomic E-state index is 0.374. The molecule has 0 amide bonds. The van der Waals surface area contributed by atoms with E-state index in [9.17, 15) is 5.11 Å². The lowest BCUT2D eigenvalue weighted by molar-refractivity contribution is 0.0916. The molecular formula is C13H26N2O. The van der Waals surface area contributed by atoms with Crippen molar-refractivity contribution in [2.24, 2.45) is 17.1 Å². The Morgan fingerprint density at radius 3 is 2.62 bits per heavy atom. The first-order chi connectivity index (χ1) is 7.80. The molecule has 0 bridgehead atoms. The van der Waals surface area contributed by atoms with Crippen LogP contribution in [0.4, 0.5) is 0 Å². The average Bonchev–Trinajstić information content (AvgIpc) is 2.65. The van der Waals surface area contributed by atoms with Gasteiger partial charge in [-0.3, -0.25) is 0 Å². The summed E-state index contributed by atoms with van der Waals surface area (Å²) in [6.45, 7) is 4.58. The van der Waals surface area contributed by atoms with Crippen molar-refractivity contribution in [2.45, 2.75) is 38.5 Å². The van der Waals surface area contributed by atoms with Gasteiger partial charge in [-0.05, 0) is 37.8 Å². The minimum Gasteiger partial charge on any atom is -0.396 e. The lowest BCUT2D eigenvalue weighted by Crippen LogP contribution is -2.34. The Bertz CT molecular complexity index is 214. The van der Waals surface area contributed by atoms with Gasteiger partial charge in [-0.25, -0.2) is 0 Å². The molecule has 1 aliphatic carbocycles. The number of rotatable bonds is 4. The molecule has 3 heteroatoms. The molecule has 3 nitrogen and oxygen atoms in total. The highest BCUT2D eigenvalue weighted by Gasteiger charge is 2.45. The maximum absolute atomic E-state index is 9.58. The Kier molecular flexibility index (Phi) is 4.22. The van der Waals surface area contributed by atoms with Crippen LogP contribution in [0.2, 0.25) is 0 Å². The van der Waals surface area contributed by atoms with Gasteiger partial charge in [0, 0.05) is 25.6 Å².